The standard InChI is InChI=1S/C25H27Cl2N7O4S/c1-16(18-6-8-19(26)9-7-18)33-39(36,37)20-10-4-17(5-11-20)14-29-25(35)38-13-3-2-12-34-15-30-21-22(28)31-24(27)32-23(21)34/h4-11,15-16,33H,2-3,12-14H2,1H3,(H,29,35)(H2,28,31,32)/t16-/m0/s1. The zero-order valence-electron chi connectivity index (χ0n) is 21.0. The minimum Gasteiger partial charge on any atom is -0.450 e. The lowest BCUT2D eigenvalue weighted by molar-refractivity contribution is 0.143. The molecule has 4 rings (SSSR count). The number of amides is 1. The van der Waals surface area contributed by atoms with Gasteiger partial charge in [-0.3, -0.25) is 0 Å². The Morgan fingerprint density at radius 3 is 2.51 bits per heavy atom. The van der Waals surface area contributed by atoms with Crippen LogP contribution in [-0.4, -0.2) is 40.6 Å². The summed E-state index contributed by atoms with van der Waals surface area (Å²) < 4.78 is 35.2. The lowest BCUT2D eigenvalue weighted by atomic mass is 10.1. The Labute approximate surface area is 235 Å². The molecule has 2 aromatic carbocycles. The van der Waals surface area contributed by atoms with Crippen LogP contribution in [0.2, 0.25) is 10.3 Å². The third kappa shape index (κ3) is 7.57. The number of rotatable bonds is 11. The van der Waals surface area contributed by atoms with Gasteiger partial charge in [-0.1, -0.05) is 35.9 Å². The fourth-order valence-electron chi connectivity index (χ4n) is 3.78. The molecule has 1 atom stereocenters. The summed E-state index contributed by atoms with van der Waals surface area (Å²) in [6.07, 6.45) is 2.38. The highest BCUT2D eigenvalue weighted by Gasteiger charge is 2.18. The molecule has 14 heteroatoms. The average Bonchev–Trinajstić information content (AvgIpc) is 3.30. The second kappa shape index (κ2) is 12.6. The Bertz CT molecular complexity index is 1550. The maximum atomic E-state index is 12.8. The van der Waals surface area contributed by atoms with Gasteiger partial charge in [0, 0.05) is 24.2 Å². The van der Waals surface area contributed by atoms with Crippen LogP contribution in [0.1, 0.15) is 36.9 Å². The minimum absolute atomic E-state index is 0.0541. The molecule has 2 aromatic heterocycles. The molecule has 4 N–H and O–H groups in total. The number of anilines is 1. The molecule has 1 amide bonds. The van der Waals surface area contributed by atoms with Gasteiger partial charge in [-0.05, 0) is 66.8 Å². The third-order valence-electron chi connectivity index (χ3n) is 5.86. The van der Waals surface area contributed by atoms with Crippen molar-refractivity contribution in [1.29, 1.82) is 0 Å². The van der Waals surface area contributed by atoms with E-state index in [1.54, 1.807) is 49.6 Å². The number of hydrogen-bond donors (Lipinski definition) is 3. The molecule has 0 aliphatic rings. The molecular weight excluding hydrogens is 565 g/mol. The van der Waals surface area contributed by atoms with E-state index in [-0.39, 0.29) is 29.1 Å². The SMILES string of the molecule is C[C@H](NS(=O)(=O)c1ccc(CNC(=O)OCCCCn2cnc3c(N)nc(Cl)nc32)cc1)c1ccc(Cl)cc1. The molecule has 0 saturated carbocycles. The van der Waals surface area contributed by atoms with Crippen molar-refractivity contribution >= 4 is 56.3 Å². The van der Waals surface area contributed by atoms with Crippen molar-refractivity contribution in [2.24, 2.45) is 0 Å². The number of aryl methyl sites for hydroxylation is 1. The quantitative estimate of drug-likeness (QED) is 0.170. The number of imidazole rings is 1. The van der Waals surface area contributed by atoms with Gasteiger partial charge in [0.1, 0.15) is 5.52 Å². The molecule has 0 radical (unpaired) electrons. The molecule has 0 fully saturated rings. The fourth-order valence-corrected chi connectivity index (χ4v) is 5.31. The molecule has 206 valence electrons. The van der Waals surface area contributed by atoms with Crippen LogP contribution in [0.25, 0.3) is 11.2 Å². The van der Waals surface area contributed by atoms with Gasteiger partial charge in [0.2, 0.25) is 15.3 Å². The van der Waals surface area contributed by atoms with E-state index in [0.717, 1.165) is 11.1 Å². The topological polar surface area (TPSA) is 154 Å². The molecule has 0 bridgehead atoms. The van der Waals surface area contributed by atoms with Crippen LogP contribution in [0.3, 0.4) is 0 Å². The molecule has 0 aliphatic heterocycles. The highest BCUT2D eigenvalue weighted by Crippen LogP contribution is 2.20. The van der Waals surface area contributed by atoms with Crippen molar-refractivity contribution in [1.82, 2.24) is 29.6 Å². The number of aromatic nitrogens is 4. The number of carbonyl (C=O) groups excluding carboxylic acids is 1. The largest absolute Gasteiger partial charge is 0.450 e. The van der Waals surface area contributed by atoms with E-state index >= 15 is 0 Å². The van der Waals surface area contributed by atoms with E-state index in [2.05, 4.69) is 25.0 Å². The van der Waals surface area contributed by atoms with Crippen molar-refractivity contribution in [3.8, 4) is 0 Å². The lowest BCUT2D eigenvalue weighted by Gasteiger charge is -2.15. The summed E-state index contributed by atoms with van der Waals surface area (Å²) in [7, 11) is -3.74. The van der Waals surface area contributed by atoms with Gasteiger partial charge in [-0.15, -0.1) is 0 Å². The first-order chi connectivity index (χ1) is 18.6. The number of nitrogen functional groups attached to an aromatic ring is 1. The van der Waals surface area contributed by atoms with Gasteiger partial charge in [0.25, 0.3) is 0 Å². The van der Waals surface area contributed by atoms with E-state index in [0.29, 0.717) is 35.6 Å². The predicted molar refractivity (Wildman–Crippen MR) is 149 cm³/mol. The summed E-state index contributed by atoms with van der Waals surface area (Å²) in [4.78, 5) is 24.4. The van der Waals surface area contributed by atoms with Crippen molar-refractivity contribution < 1.29 is 17.9 Å². The number of hydrogen-bond acceptors (Lipinski definition) is 8. The van der Waals surface area contributed by atoms with Crippen molar-refractivity contribution in [2.75, 3.05) is 12.3 Å². The number of ether oxygens (including phenoxy) is 1. The van der Waals surface area contributed by atoms with Gasteiger partial charge in [0.05, 0.1) is 17.8 Å². The number of fused-ring (bicyclic) bond motifs is 1. The first kappa shape index (κ1) is 28.6. The number of nitrogens with two attached hydrogens (primary N) is 1. The van der Waals surface area contributed by atoms with Crippen LogP contribution < -0.4 is 15.8 Å². The Morgan fingerprint density at radius 2 is 1.79 bits per heavy atom. The number of unbranched alkanes of at least 4 members (excludes halogenated alkanes) is 1. The number of nitrogens with zero attached hydrogens (tertiary/aromatic N) is 4. The third-order valence-corrected chi connectivity index (χ3v) is 7.84. The van der Waals surface area contributed by atoms with Gasteiger partial charge in [-0.25, -0.2) is 22.9 Å². The number of sulfonamides is 1. The van der Waals surface area contributed by atoms with E-state index in [4.69, 9.17) is 33.7 Å². The highest BCUT2D eigenvalue weighted by atomic mass is 35.5. The smallest absolute Gasteiger partial charge is 0.407 e. The van der Waals surface area contributed by atoms with Crippen LogP contribution in [-0.2, 0) is 27.8 Å². The zero-order valence-corrected chi connectivity index (χ0v) is 23.3. The van der Waals surface area contributed by atoms with Crippen LogP contribution in [0.4, 0.5) is 10.6 Å². The summed E-state index contributed by atoms with van der Waals surface area (Å²) in [5, 5.41) is 3.29. The number of halogens is 2. The highest BCUT2D eigenvalue weighted by molar-refractivity contribution is 7.89. The Balaban J connectivity index is 1.18. The molecule has 0 unspecified atom stereocenters. The molecule has 0 saturated heterocycles. The number of nitrogens with one attached hydrogen (secondary N) is 2. The van der Waals surface area contributed by atoms with Gasteiger partial charge < -0.3 is 20.4 Å². The summed E-state index contributed by atoms with van der Waals surface area (Å²) >= 11 is 11.8. The second-order valence-corrected chi connectivity index (χ2v) is 11.2. The van der Waals surface area contributed by atoms with Crippen molar-refractivity contribution in [3.63, 3.8) is 0 Å². The van der Waals surface area contributed by atoms with E-state index in [1.165, 1.54) is 12.1 Å². The van der Waals surface area contributed by atoms with Crippen molar-refractivity contribution in [3.05, 3.63) is 76.3 Å². The second-order valence-electron chi connectivity index (χ2n) is 8.72. The van der Waals surface area contributed by atoms with Gasteiger partial charge in [-0.2, -0.15) is 9.97 Å². The molecule has 2 heterocycles. The first-order valence-electron chi connectivity index (χ1n) is 12.0. The molecule has 4 aromatic rings. The predicted octanol–water partition coefficient (Wildman–Crippen LogP) is 4.46. The molecule has 0 spiro atoms. The summed E-state index contributed by atoms with van der Waals surface area (Å²) in [6.45, 7) is 2.77. The Hall–Kier alpha value is -3.45. The average molecular weight is 593 g/mol. The molecule has 0 aliphatic carbocycles. The maximum Gasteiger partial charge on any atom is 0.407 e. The summed E-state index contributed by atoms with van der Waals surface area (Å²) in [6, 6.07) is 12.8. The minimum atomic E-state index is -3.74. The van der Waals surface area contributed by atoms with Crippen LogP contribution in [0.15, 0.2) is 59.8 Å². The first-order valence-corrected chi connectivity index (χ1v) is 14.3. The molecular formula is C25H27Cl2N7O4S. The van der Waals surface area contributed by atoms with Crippen molar-refractivity contribution in [2.45, 2.75) is 43.8 Å². The molecule has 39 heavy (non-hydrogen) atoms. The normalized spacial score (nSPS) is 12.4. The number of carbonyl (C=O) groups is 1. The van der Waals surface area contributed by atoms with Crippen LogP contribution in [0.5, 0.6) is 0 Å². The number of alkyl carbamates (subject to hydrolysis) is 1. The Morgan fingerprint density at radius 1 is 1.08 bits per heavy atom. The summed E-state index contributed by atoms with van der Waals surface area (Å²) in [5.41, 5.74) is 8.37. The lowest BCUT2D eigenvalue weighted by Crippen LogP contribution is -2.27. The Kier molecular flexibility index (Phi) is 9.23. The number of benzene rings is 2. The van der Waals surface area contributed by atoms with E-state index in [9.17, 15) is 13.2 Å². The van der Waals surface area contributed by atoms with Gasteiger partial charge >= 0.3 is 6.09 Å². The molecule has 11 nitrogen and oxygen atoms in total. The van der Waals surface area contributed by atoms with E-state index < -0.39 is 22.2 Å². The van der Waals surface area contributed by atoms with Crippen LogP contribution in [0, 0.1) is 0 Å². The van der Waals surface area contributed by atoms with E-state index in [1.807, 2.05) is 4.57 Å². The summed E-state index contributed by atoms with van der Waals surface area (Å²) in [5.74, 6) is 0.223. The van der Waals surface area contributed by atoms with Gasteiger partial charge in [0.15, 0.2) is 11.5 Å². The fraction of sp³-hybridized carbons (Fsp3) is 0.280. The van der Waals surface area contributed by atoms with Crippen LogP contribution >= 0.6 is 23.2 Å². The maximum absolute atomic E-state index is 12.8. The zero-order chi connectivity index (χ0) is 28.0. The monoisotopic (exact) mass is 591 g/mol.